The van der Waals surface area contributed by atoms with Crippen LogP contribution in [-0.2, 0) is 4.79 Å². The first-order valence-electron chi connectivity index (χ1n) is 8.02. The number of aromatic nitrogens is 2. The number of hydrogen-bond donors (Lipinski definition) is 2. The molecule has 0 aliphatic rings. The minimum absolute atomic E-state index is 0.159. The maximum atomic E-state index is 13.6. The average Bonchev–Trinajstić information content (AvgIpc) is 2.64. The van der Waals surface area contributed by atoms with E-state index in [9.17, 15) is 18.8 Å². The van der Waals surface area contributed by atoms with Crippen molar-refractivity contribution in [3.63, 3.8) is 0 Å². The zero-order chi connectivity index (χ0) is 20.4. The minimum atomic E-state index is -0.980. The number of nitrogens with one attached hydrogen (secondary N) is 1. The second-order valence-electron chi connectivity index (χ2n) is 5.76. The first kappa shape index (κ1) is 19.8. The molecule has 0 saturated heterocycles. The quantitative estimate of drug-likeness (QED) is 0.498. The van der Waals surface area contributed by atoms with Gasteiger partial charge >= 0.3 is 6.03 Å². The number of urea groups is 1. The highest BCUT2D eigenvalue weighted by atomic mass is 35.5. The molecule has 10 heteroatoms. The van der Waals surface area contributed by atoms with Crippen molar-refractivity contribution >= 4 is 46.2 Å². The molecule has 0 fully saturated rings. The summed E-state index contributed by atoms with van der Waals surface area (Å²) in [5.74, 6) is -1.26. The molecule has 0 radical (unpaired) electrons. The molecule has 3 rings (SSSR count). The minimum Gasteiger partial charge on any atom is -0.351 e. The number of hydrogen-bond acceptors (Lipinski definition) is 5. The van der Waals surface area contributed by atoms with E-state index in [1.807, 2.05) is 5.32 Å². The van der Waals surface area contributed by atoms with Crippen molar-refractivity contribution in [2.45, 2.75) is 17.3 Å². The highest BCUT2D eigenvalue weighted by molar-refractivity contribution is 8.00. The zero-order valence-electron chi connectivity index (χ0n) is 14.5. The number of para-hydroxylation sites is 1. The summed E-state index contributed by atoms with van der Waals surface area (Å²) in [6.07, 6.45) is 0. The molecule has 144 valence electrons. The SMILES string of the molecule is C[C@H](Sc1nc2ccccc2c(=O)n1-c1ccc(F)c(Cl)c1)C(=O)NC(N)=O. The second kappa shape index (κ2) is 7.99. The Balaban J connectivity index is 2.17. The molecular formula is C18H14ClFN4O3S. The fourth-order valence-corrected chi connectivity index (χ4v) is 3.58. The molecule has 7 nitrogen and oxygen atoms in total. The van der Waals surface area contributed by atoms with E-state index in [1.165, 1.54) is 23.6 Å². The van der Waals surface area contributed by atoms with Gasteiger partial charge in [-0.2, -0.15) is 0 Å². The van der Waals surface area contributed by atoms with Crippen LogP contribution in [0.5, 0.6) is 0 Å². The highest BCUT2D eigenvalue weighted by Crippen LogP contribution is 2.26. The number of nitrogens with two attached hydrogens (primary N) is 1. The van der Waals surface area contributed by atoms with Crippen LogP contribution < -0.4 is 16.6 Å². The van der Waals surface area contributed by atoms with E-state index in [4.69, 9.17) is 17.3 Å². The Hall–Kier alpha value is -2.91. The fourth-order valence-electron chi connectivity index (χ4n) is 2.48. The van der Waals surface area contributed by atoms with Gasteiger partial charge in [0.05, 0.1) is 26.9 Å². The topological polar surface area (TPSA) is 107 Å². The molecule has 3 amide bonds. The lowest BCUT2D eigenvalue weighted by Gasteiger charge is -2.16. The monoisotopic (exact) mass is 420 g/mol. The number of carbonyl (C=O) groups is 2. The van der Waals surface area contributed by atoms with Gasteiger partial charge in [0.2, 0.25) is 5.91 Å². The summed E-state index contributed by atoms with van der Waals surface area (Å²) in [5, 5.41) is 1.56. The molecule has 0 aliphatic carbocycles. The molecule has 1 aromatic heterocycles. The van der Waals surface area contributed by atoms with Crippen molar-refractivity contribution in [2.75, 3.05) is 0 Å². The van der Waals surface area contributed by atoms with Crippen LogP contribution in [0.2, 0.25) is 5.02 Å². The van der Waals surface area contributed by atoms with Gasteiger partial charge in [0, 0.05) is 0 Å². The van der Waals surface area contributed by atoms with Gasteiger partial charge < -0.3 is 5.73 Å². The molecule has 0 bridgehead atoms. The Kier molecular flexibility index (Phi) is 5.66. The van der Waals surface area contributed by atoms with Gasteiger partial charge in [-0.05, 0) is 37.3 Å². The Morgan fingerprint density at radius 3 is 2.68 bits per heavy atom. The standard InChI is InChI=1S/C18H14ClFN4O3S/c1-9(15(25)23-17(21)27)28-18-22-14-5-3-2-4-11(14)16(26)24(18)10-6-7-13(20)12(19)8-10/h2-9H,1H3,(H3,21,23,25,27)/t9-/m0/s1. The molecule has 2 aromatic carbocycles. The molecule has 0 spiro atoms. The molecule has 3 aromatic rings. The van der Waals surface area contributed by atoms with E-state index in [1.54, 1.807) is 24.3 Å². The Bertz CT molecular complexity index is 1150. The summed E-state index contributed by atoms with van der Waals surface area (Å²) in [4.78, 5) is 40.5. The molecule has 3 N–H and O–H groups in total. The lowest BCUT2D eigenvalue weighted by atomic mass is 10.2. The number of benzene rings is 2. The van der Waals surface area contributed by atoms with Crippen LogP contribution in [-0.4, -0.2) is 26.7 Å². The van der Waals surface area contributed by atoms with Gasteiger partial charge in [0.25, 0.3) is 5.56 Å². The summed E-state index contributed by atoms with van der Waals surface area (Å²) < 4.78 is 14.8. The first-order valence-corrected chi connectivity index (χ1v) is 9.28. The average molecular weight is 421 g/mol. The number of carbonyl (C=O) groups excluding carboxylic acids is 2. The van der Waals surface area contributed by atoms with Gasteiger partial charge in [-0.25, -0.2) is 14.2 Å². The smallest absolute Gasteiger partial charge is 0.318 e. The van der Waals surface area contributed by atoms with Crippen LogP contribution in [0, 0.1) is 5.82 Å². The summed E-state index contributed by atoms with van der Waals surface area (Å²) >= 11 is 6.82. The Morgan fingerprint density at radius 2 is 2.00 bits per heavy atom. The number of fused-ring (bicyclic) bond motifs is 1. The van der Waals surface area contributed by atoms with Crippen molar-refractivity contribution in [1.82, 2.24) is 14.9 Å². The van der Waals surface area contributed by atoms with Crippen LogP contribution >= 0.6 is 23.4 Å². The maximum absolute atomic E-state index is 13.6. The van der Waals surface area contributed by atoms with Crippen LogP contribution in [0.25, 0.3) is 16.6 Å². The number of imide groups is 1. The number of thioether (sulfide) groups is 1. The summed E-state index contributed by atoms with van der Waals surface area (Å²) in [5.41, 5.74) is 5.29. The zero-order valence-corrected chi connectivity index (χ0v) is 16.1. The molecular weight excluding hydrogens is 407 g/mol. The van der Waals surface area contributed by atoms with Crippen molar-refractivity contribution in [3.05, 3.63) is 63.7 Å². The third kappa shape index (κ3) is 4.00. The molecule has 0 aliphatic heterocycles. The van der Waals surface area contributed by atoms with Crippen molar-refractivity contribution in [2.24, 2.45) is 5.73 Å². The largest absolute Gasteiger partial charge is 0.351 e. The molecule has 1 atom stereocenters. The van der Waals surface area contributed by atoms with Gasteiger partial charge in [-0.15, -0.1) is 0 Å². The van der Waals surface area contributed by atoms with E-state index in [2.05, 4.69) is 4.98 Å². The van der Waals surface area contributed by atoms with Crippen LogP contribution in [0.15, 0.2) is 52.4 Å². The van der Waals surface area contributed by atoms with E-state index >= 15 is 0 Å². The highest BCUT2D eigenvalue weighted by Gasteiger charge is 2.21. The Morgan fingerprint density at radius 1 is 1.29 bits per heavy atom. The molecule has 0 saturated carbocycles. The van der Waals surface area contributed by atoms with Gasteiger partial charge in [0.15, 0.2) is 5.16 Å². The van der Waals surface area contributed by atoms with Crippen molar-refractivity contribution < 1.29 is 14.0 Å². The fraction of sp³-hybridized carbons (Fsp3) is 0.111. The predicted molar refractivity (Wildman–Crippen MR) is 105 cm³/mol. The predicted octanol–water partition coefficient (Wildman–Crippen LogP) is 2.85. The summed E-state index contributed by atoms with van der Waals surface area (Å²) in [7, 11) is 0. The summed E-state index contributed by atoms with van der Waals surface area (Å²) in [6, 6.07) is 9.54. The van der Waals surface area contributed by atoms with E-state index in [0.717, 1.165) is 17.8 Å². The second-order valence-corrected chi connectivity index (χ2v) is 7.48. The molecule has 1 heterocycles. The van der Waals surface area contributed by atoms with Crippen LogP contribution in [0.4, 0.5) is 9.18 Å². The van der Waals surface area contributed by atoms with Crippen LogP contribution in [0.3, 0.4) is 0 Å². The number of primary amides is 1. The molecule has 28 heavy (non-hydrogen) atoms. The van der Waals surface area contributed by atoms with E-state index < -0.39 is 28.6 Å². The normalized spacial score (nSPS) is 12.0. The number of rotatable bonds is 4. The first-order chi connectivity index (χ1) is 13.3. The van der Waals surface area contributed by atoms with E-state index in [-0.39, 0.29) is 10.2 Å². The molecule has 0 unspecified atom stereocenters. The van der Waals surface area contributed by atoms with Crippen molar-refractivity contribution in [1.29, 1.82) is 0 Å². The maximum Gasteiger partial charge on any atom is 0.318 e. The van der Waals surface area contributed by atoms with Gasteiger partial charge in [-0.1, -0.05) is 35.5 Å². The Labute approximate surface area is 167 Å². The lowest BCUT2D eigenvalue weighted by Crippen LogP contribution is -2.39. The van der Waals surface area contributed by atoms with Gasteiger partial charge in [-0.3, -0.25) is 19.5 Å². The third-order valence-electron chi connectivity index (χ3n) is 3.80. The summed E-state index contributed by atoms with van der Waals surface area (Å²) in [6.45, 7) is 1.53. The van der Waals surface area contributed by atoms with Crippen molar-refractivity contribution in [3.8, 4) is 5.69 Å². The number of nitrogens with zero attached hydrogens (tertiary/aromatic N) is 2. The third-order valence-corrected chi connectivity index (χ3v) is 5.15. The van der Waals surface area contributed by atoms with Crippen LogP contribution in [0.1, 0.15) is 6.92 Å². The van der Waals surface area contributed by atoms with Gasteiger partial charge in [0.1, 0.15) is 5.82 Å². The lowest BCUT2D eigenvalue weighted by molar-refractivity contribution is -0.119. The number of amides is 3. The van der Waals surface area contributed by atoms with E-state index in [0.29, 0.717) is 16.6 Å². The number of halogens is 2.